The fourth-order valence-corrected chi connectivity index (χ4v) is 3.84. The SMILES string of the molecule is CONc1ncnc2c1ncn2C1OC(C(C)(O)c2ccc(Cl)c(Cl)c2)C(O)C1O. The van der Waals surface area contributed by atoms with Gasteiger partial charge < -0.3 is 20.1 Å². The van der Waals surface area contributed by atoms with E-state index >= 15 is 0 Å². The standard InChI is InChI=1S/C18H19Cl2N5O5/c1-18(28,8-3-4-9(19)10(20)5-8)14-12(26)13(27)17(30-14)25-7-23-11-15(24-29-2)21-6-22-16(11)25/h3-7,12-14,17,26-28H,1-2H3,(H,21,22,24). The lowest BCUT2D eigenvalue weighted by Crippen LogP contribution is -2.45. The van der Waals surface area contributed by atoms with Crippen molar-refractivity contribution < 1.29 is 24.9 Å². The topological polar surface area (TPSA) is 135 Å². The number of fused-ring (bicyclic) bond motifs is 1. The molecule has 3 heterocycles. The zero-order valence-electron chi connectivity index (χ0n) is 15.9. The molecule has 1 aliphatic heterocycles. The van der Waals surface area contributed by atoms with Crippen LogP contribution in [-0.4, -0.2) is 60.3 Å². The van der Waals surface area contributed by atoms with Gasteiger partial charge in [-0.15, -0.1) is 0 Å². The molecule has 3 aromatic rings. The van der Waals surface area contributed by atoms with Gasteiger partial charge in [0.15, 0.2) is 23.2 Å². The molecule has 1 aromatic carbocycles. The van der Waals surface area contributed by atoms with Crippen LogP contribution in [0.1, 0.15) is 18.7 Å². The molecule has 4 rings (SSSR count). The van der Waals surface area contributed by atoms with Gasteiger partial charge in [-0.1, -0.05) is 29.3 Å². The summed E-state index contributed by atoms with van der Waals surface area (Å²) in [6.07, 6.45) is -2.31. The first-order chi connectivity index (χ1) is 14.3. The average Bonchev–Trinajstić information content (AvgIpc) is 3.27. The highest BCUT2D eigenvalue weighted by atomic mass is 35.5. The molecule has 12 heteroatoms. The zero-order chi connectivity index (χ0) is 21.6. The number of anilines is 1. The van der Waals surface area contributed by atoms with Crippen LogP contribution in [-0.2, 0) is 15.2 Å². The quantitative estimate of drug-likeness (QED) is 0.423. The van der Waals surface area contributed by atoms with Gasteiger partial charge in [-0.25, -0.2) is 20.4 Å². The number of nitrogens with zero attached hydrogens (tertiary/aromatic N) is 4. The summed E-state index contributed by atoms with van der Waals surface area (Å²) in [4.78, 5) is 17.3. The van der Waals surface area contributed by atoms with E-state index in [0.29, 0.717) is 27.6 Å². The molecule has 0 spiro atoms. The van der Waals surface area contributed by atoms with Gasteiger partial charge in [-0.05, 0) is 24.6 Å². The highest BCUT2D eigenvalue weighted by Crippen LogP contribution is 2.41. The molecule has 0 radical (unpaired) electrons. The highest BCUT2D eigenvalue weighted by molar-refractivity contribution is 6.42. The molecule has 0 aliphatic carbocycles. The van der Waals surface area contributed by atoms with Crippen molar-refractivity contribution in [3.8, 4) is 0 Å². The summed E-state index contributed by atoms with van der Waals surface area (Å²) in [7, 11) is 1.43. The minimum absolute atomic E-state index is 0.245. The van der Waals surface area contributed by atoms with Crippen molar-refractivity contribution in [3.05, 3.63) is 46.5 Å². The monoisotopic (exact) mass is 455 g/mol. The van der Waals surface area contributed by atoms with Gasteiger partial charge in [0.2, 0.25) is 0 Å². The number of ether oxygens (including phenoxy) is 1. The summed E-state index contributed by atoms with van der Waals surface area (Å²) in [6.45, 7) is 1.46. The summed E-state index contributed by atoms with van der Waals surface area (Å²) >= 11 is 12.0. The lowest BCUT2D eigenvalue weighted by molar-refractivity contribution is -0.135. The maximum absolute atomic E-state index is 11.2. The van der Waals surface area contributed by atoms with E-state index in [4.69, 9.17) is 32.8 Å². The van der Waals surface area contributed by atoms with Gasteiger partial charge in [0.25, 0.3) is 0 Å². The Kier molecular flexibility index (Phi) is 5.58. The number of hydrogen-bond acceptors (Lipinski definition) is 9. The van der Waals surface area contributed by atoms with Crippen molar-refractivity contribution in [1.82, 2.24) is 19.5 Å². The van der Waals surface area contributed by atoms with Crippen LogP contribution in [0.2, 0.25) is 10.0 Å². The van der Waals surface area contributed by atoms with Crippen LogP contribution in [0, 0.1) is 0 Å². The van der Waals surface area contributed by atoms with Crippen LogP contribution in [0.5, 0.6) is 0 Å². The van der Waals surface area contributed by atoms with E-state index in [1.54, 1.807) is 6.07 Å². The molecule has 10 nitrogen and oxygen atoms in total. The van der Waals surface area contributed by atoms with Crippen molar-refractivity contribution in [2.45, 2.75) is 37.1 Å². The molecule has 2 aromatic heterocycles. The van der Waals surface area contributed by atoms with Crippen molar-refractivity contribution in [3.63, 3.8) is 0 Å². The number of rotatable bonds is 5. The molecule has 1 aliphatic rings. The normalized spacial score (nSPS) is 26.1. The van der Waals surface area contributed by atoms with E-state index in [0.717, 1.165) is 0 Å². The van der Waals surface area contributed by atoms with Gasteiger partial charge in [-0.2, -0.15) is 0 Å². The van der Waals surface area contributed by atoms with E-state index in [1.165, 1.54) is 43.4 Å². The van der Waals surface area contributed by atoms with E-state index in [1.807, 2.05) is 0 Å². The smallest absolute Gasteiger partial charge is 0.181 e. The average molecular weight is 456 g/mol. The van der Waals surface area contributed by atoms with Gasteiger partial charge >= 0.3 is 0 Å². The van der Waals surface area contributed by atoms with Gasteiger partial charge in [0.05, 0.1) is 23.5 Å². The lowest BCUT2D eigenvalue weighted by Gasteiger charge is -2.32. The Morgan fingerprint density at radius 3 is 2.63 bits per heavy atom. The minimum atomic E-state index is -1.68. The lowest BCUT2D eigenvalue weighted by atomic mass is 9.87. The van der Waals surface area contributed by atoms with E-state index < -0.39 is 30.1 Å². The number of aromatic nitrogens is 4. The van der Waals surface area contributed by atoms with Crippen molar-refractivity contribution in [2.24, 2.45) is 0 Å². The van der Waals surface area contributed by atoms with Gasteiger partial charge in [-0.3, -0.25) is 9.40 Å². The van der Waals surface area contributed by atoms with Gasteiger partial charge in [0, 0.05) is 0 Å². The fourth-order valence-electron chi connectivity index (χ4n) is 3.54. The summed E-state index contributed by atoms with van der Waals surface area (Å²) in [5.41, 5.74) is 2.01. The Morgan fingerprint density at radius 1 is 1.17 bits per heavy atom. The highest BCUT2D eigenvalue weighted by Gasteiger charge is 2.52. The molecular formula is C18H19Cl2N5O5. The van der Waals surface area contributed by atoms with Crippen molar-refractivity contribution in [1.29, 1.82) is 0 Å². The Morgan fingerprint density at radius 2 is 1.93 bits per heavy atom. The first-order valence-corrected chi connectivity index (χ1v) is 9.67. The van der Waals surface area contributed by atoms with Crippen molar-refractivity contribution in [2.75, 3.05) is 12.6 Å². The van der Waals surface area contributed by atoms with E-state index in [2.05, 4.69) is 20.4 Å². The third kappa shape index (κ3) is 3.40. The Bertz CT molecular complexity index is 1080. The summed E-state index contributed by atoms with van der Waals surface area (Å²) in [5, 5.41) is 33.1. The number of hydrogen-bond donors (Lipinski definition) is 4. The molecule has 160 valence electrons. The van der Waals surface area contributed by atoms with E-state index in [9.17, 15) is 15.3 Å². The molecule has 30 heavy (non-hydrogen) atoms. The summed E-state index contributed by atoms with van der Waals surface area (Å²) < 4.78 is 7.37. The van der Waals surface area contributed by atoms with Gasteiger partial charge in [0.1, 0.15) is 30.2 Å². The molecule has 5 atom stereocenters. The molecule has 0 saturated carbocycles. The molecule has 0 bridgehead atoms. The van der Waals surface area contributed by atoms with Crippen LogP contribution >= 0.6 is 23.2 Å². The van der Waals surface area contributed by atoms with Crippen LogP contribution in [0.15, 0.2) is 30.9 Å². The number of halogens is 2. The van der Waals surface area contributed by atoms with Crippen LogP contribution in [0.3, 0.4) is 0 Å². The number of benzene rings is 1. The predicted molar refractivity (Wildman–Crippen MR) is 108 cm³/mol. The number of nitrogens with one attached hydrogen (secondary N) is 1. The minimum Gasteiger partial charge on any atom is -0.387 e. The molecule has 4 N–H and O–H groups in total. The Hall–Kier alpha value is -2.05. The second-order valence-corrected chi connectivity index (χ2v) is 7.87. The Labute approximate surface area is 181 Å². The molecule has 0 amide bonds. The number of aliphatic hydroxyl groups is 3. The van der Waals surface area contributed by atoms with E-state index in [-0.39, 0.29) is 5.02 Å². The molecular weight excluding hydrogens is 437 g/mol. The second-order valence-electron chi connectivity index (χ2n) is 7.06. The van der Waals surface area contributed by atoms with Crippen LogP contribution < -0.4 is 5.48 Å². The first-order valence-electron chi connectivity index (χ1n) is 8.91. The second kappa shape index (κ2) is 7.89. The largest absolute Gasteiger partial charge is 0.387 e. The predicted octanol–water partition coefficient (Wildman–Crippen LogP) is 1.63. The van der Waals surface area contributed by atoms with Crippen LogP contribution in [0.4, 0.5) is 5.82 Å². The maximum Gasteiger partial charge on any atom is 0.181 e. The summed E-state index contributed by atoms with van der Waals surface area (Å²) in [5.74, 6) is 0.327. The third-order valence-corrected chi connectivity index (χ3v) is 5.87. The molecule has 1 fully saturated rings. The summed E-state index contributed by atoms with van der Waals surface area (Å²) in [6, 6.07) is 4.60. The zero-order valence-corrected chi connectivity index (χ0v) is 17.4. The Balaban J connectivity index is 1.69. The van der Waals surface area contributed by atoms with Crippen molar-refractivity contribution >= 4 is 40.2 Å². The third-order valence-electron chi connectivity index (χ3n) is 5.13. The molecule has 5 unspecified atom stereocenters. The first kappa shape index (κ1) is 21.2. The number of imidazole rings is 1. The fraction of sp³-hybridized carbons (Fsp3) is 0.389. The maximum atomic E-state index is 11.2. The van der Waals surface area contributed by atoms with Crippen LogP contribution in [0.25, 0.3) is 11.2 Å². The molecule has 1 saturated heterocycles. The number of aliphatic hydroxyl groups excluding tert-OH is 2.